The van der Waals surface area contributed by atoms with Gasteiger partial charge in [0.2, 0.25) is 11.8 Å². The molecule has 3 aliphatic rings. The van der Waals surface area contributed by atoms with Gasteiger partial charge in [-0.15, -0.1) is 0 Å². The molecular weight excluding hydrogens is 953 g/mol. The first-order chi connectivity index (χ1) is 35.1. The lowest BCUT2D eigenvalue weighted by Gasteiger charge is -2.38. The Morgan fingerprint density at radius 3 is 2.29 bits per heavy atom. The molecule has 10 N–H and O–H groups in total. The second-order valence-electron chi connectivity index (χ2n) is 17.3. The molecule has 2 aliphatic heterocycles. The molecule has 2 fully saturated rings. The number of carbonyl (C=O) groups excluding carboxylic acids is 6. The monoisotopic (exact) mass is 1010 g/mol. The zero-order valence-corrected chi connectivity index (χ0v) is 39.5. The molecule has 5 atom stereocenters. The van der Waals surface area contributed by atoms with Crippen LogP contribution in [0, 0.1) is 5.92 Å². The van der Waals surface area contributed by atoms with Gasteiger partial charge in [0.15, 0.2) is 11.5 Å². The fraction of sp³-hybridized carbons (Fsp3) is 0.388. The molecule has 386 valence electrons. The molecule has 1 aliphatic carbocycles. The normalized spacial score (nSPS) is 19.5. The lowest BCUT2D eigenvalue weighted by molar-refractivity contribution is -0.174. The molecule has 0 spiro atoms. The molecule has 6 amide bonds. The predicted octanol–water partition coefficient (Wildman–Crippen LogP) is 1.50. The maximum Gasteiger partial charge on any atom is 0.407 e. The van der Waals surface area contributed by atoms with Crippen molar-refractivity contribution in [1.82, 2.24) is 30.5 Å². The van der Waals surface area contributed by atoms with Crippen molar-refractivity contribution in [3.63, 3.8) is 0 Å². The van der Waals surface area contributed by atoms with Crippen molar-refractivity contribution in [3.8, 4) is 17.0 Å². The third-order valence-electron chi connectivity index (χ3n) is 12.2. The summed E-state index contributed by atoms with van der Waals surface area (Å²) < 4.78 is 16.9. The number of pyridine rings is 1. The zero-order chi connectivity index (χ0) is 52.0. The number of rotatable bonds is 21. The Labute approximate surface area is 417 Å². The number of carbonyl (C=O) groups is 7. The van der Waals surface area contributed by atoms with E-state index in [0.29, 0.717) is 73.6 Å². The number of carboxylic acid groups (broad SMARTS) is 1. The number of aliphatic hydroxyl groups excluding tert-OH is 3. The maximum atomic E-state index is 13.4. The van der Waals surface area contributed by atoms with Crippen molar-refractivity contribution >= 4 is 64.5 Å². The minimum atomic E-state index is -1.85. The molecular formula is C49H56N10O14. The van der Waals surface area contributed by atoms with Crippen LogP contribution in [-0.4, -0.2) is 146 Å². The zero-order valence-electron chi connectivity index (χ0n) is 39.5. The van der Waals surface area contributed by atoms with Crippen molar-refractivity contribution in [2.24, 2.45) is 5.92 Å². The van der Waals surface area contributed by atoms with E-state index in [4.69, 9.17) is 19.9 Å². The molecule has 24 nitrogen and oxygen atoms in total. The van der Waals surface area contributed by atoms with Crippen LogP contribution in [-0.2, 0) is 46.6 Å². The van der Waals surface area contributed by atoms with E-state index in [9.17, 15) is 54.0 Å². The first-order valence-corrected chi connectivity index (χ1v) is 23.5. The Balaban J connectivity index is 0.918. The van der Waals surface area contributed by atoms with Crippen molar-refractivity contribution in [1.29, 1.82) is 0 Å². The Morgan fingerprint density at radius 2 is 1.55 bits per heavy atom. The molecule has 7 rings (SSSR count). The van der Waals surface area contributed by atoms with Gasteiger partial charge in [0.1, 0.15) is 30.7 Å². The summed E-state index contributed by atoms with van der Waals surface area (Å²) in [5, 5.41) is 51.9. The number of nitrogen functional groups attached to an aromatic ring is 1. The summed E-state index contributed by atoms with van der Waals surface area (Å²) in [6.45, 7) is 2.39. The highest BCUT2D eigenvalue weighted by molar-refractivity contribution is 6.13. The maximum absolute atomic E-state index is 13.4. The first-order valence-electron chi connectivity index (χ1n) is 23.5. The van der Waals surface area contributed by atoms with Gasteiger partial charge in [0.25, 0.3) is 17.7 Å². The Kier molecular flexibility index (Phi) is 18.0. The molecule has 4 heterocycles. The number of nitrogens with zero attached hydrogens (tertiary/aromatic N) is 5. The molecule has 73 heavy (non-hydrogen) atoms. The number of hydrogen-bond acceptors (Lipinski definition) is 18. The van der Waals surface area contributed by atoms with Gasteiger partial charge >= 0.3 is 12.1 Å². The second-order valence-corrected chi connectivity index (χ2v) is 17.3. The van der Waals surface area contributed by atoms with Crippen LogP contribution in [0.3, 0.4) is 0 Å². The summed E-state index contributed by atoms with van der Waals surface area (Å²) in [5.41, 5.74) is 9.38. The smallest absolute Gasteiger partial charge is 0.407 e. The Morgan fingerprint density at radius 1 is 0.808 bits per heavy atom. The number of aliphatic carboxylic acids is 1. The van der Waals surface area contributed by atoms with Crippen LogP contribution in [0.25, 0.3) is 11.3 Å². The summed E-state index contributed by atoms with van der Waals surface area (Å²) in [5.74, 6) is -5.17. The third-order valence-corrected chi connectivity index (χ3v) is 12.2. The molecule has 0 radical (unpaired) electrons. The van der Waals surface area contributed by atoms with Gasteiger partial charge in [0, 0.05) is 75.9 Å². The Hall–Kier alpha value is -8.06. The molecule has 4 aromatic rings. The van der Waals surface area contributed by atoms with Gasteiger partial charge in [-0.25, -0.2) is 14.8 Å². The van der Waals surface area contributed by atoms with Crippen LogP contribution < -0.4 is 36.6 Å². The van der Waals surface area contributed by atoms with Crippen molar-refractivity contribution < 1.29 is 68.2 Å². The number of benzene rings is 2. The summed E-state index contributed by atoms with van der Waals surface area (Å²) in [6, 6.07) is 13.1. The van der Waals surface area contributed by atoms with Gasteiger partial charge in [0.05, 0.1) is 60.4 Å². The number of aliphatic hydroxyl groups is 3. The molecule has 2 aromatic carbocycles. The topological polar surface area (TPSA) is 347 Å². The number of imide groups is 1. The van der Waals surface area contributed by atoms with E-state index in [0.717, 1.165) is 10.6 Å². The lowest BCUT2D eigenvalue weighted by Crippen LogP contribution is -2.57. The van der Waals surface area contributed by atoms with Crippen molar-refractivity contribution in [3.05, 3.63) is 96.1 Å². The highest BCUT2D eigenvalue weighted by Crippen LogP contribution is 2.34. The quantitative estimate of drug-likeness (QED) is 0.0422. The predicted molar refractivity (Wildman–Crippen MR) is 259 cm³/mol. The number of morpholine rings is 1. The van der Waals surface area contributed by atoms with E-state index < -0.39 is 54.2 Å². The average Bonchev–Trinajstić information content (AvgIpc) is 3.71. The molecule has 0 unspecified atom stereocenters. The number of anilines is 4. The van der Waals surface area contributed by atoms with Gasteiger partial charge in [-0.2, -0.15) is 0 Å². The minimum absolute atomic E-state index is 0.0349. The van der Waals surface area contributed by atoms with E-state index in [1.807, 2.05) is 6.07 Å². The van der Waals surface area contributed by atoms with Gasteiger partial charge in [-0.05, 0) is 42.2 Å². The number of aromatic nitrogens is 3. The fourth-order valence-electron chi connectivity index (χ4n) is 8.20. The third kappa shape index (κ3) is 14.1. The fourth-order valence-corrected chi connectivity index (χ4v) is 8.20. The van der Waals surface area contributed by atoms with Gasteiger partial charge in [-0.3, -0.25) is 38.7 Å². The SMILES string of the molecule is Nc1ncc(-c2ccc(CNC(=O)OCc3ccc(O[C@@H]4C[C@H](C(=O)O)[C@@H](O)[C@H](O)[C@H]4O)c(NC(=O)CCNC(=O)CCCCCN4C(=O)C=CC4=O)c3)cc2)nc1C(=O)Nc1cnccc1N1CCOCC1. The number of hydrogen-bond donors (Lipinski definition) is 9. The van der Waals surface area contributed by atoms with Crippen LogP contribution in [0.2, 0.25) is 0 Å². The average molecular weight is 1010 g/mol. The largest absolute Gasteiger partial charge is 0.485 e. The molecule has 1 saturated heterocycles. The Bertz CT molecular complexity index is 2680. The van der Waals surface area contributed by atoms with Gasteiger partial charge in [-0.1, -0.05) is 36.8 Å². The van der Waals surface area contributed by atoms with E-state index >= 15 is 0 Å². The molecule has 0 bridgehead atoms. The number of ether oxygens (including phenoxy) is 3. The minimum Gasteiger partial charge on any atom is -0.485 e. The van der Waals surface area contributed by atoms with E-state index in [1.54, 1.807) is 36.7 Å². The highest BCUT2D eigenvalue weighted by atomic mass is 16.5. The van der Waals surface area contributed by atoms with Crippen LogP contribution >= 0.6 is 0 Å². The molecule has 24 heteroatoms. The van der Waals surface area contributed by atoms with Crippen LogP contribution in [0.15, 0.2) is 79.3 Å². The number of carboxylic acids is 1. The molecule has 2 aromatic heterocycles. The number of alkyl carbamates (subject to hydrolysis) is 1. The van der Waals surface area contributed by atoms with Crippen LogP contribution in [0.4, 0.5) is 27.7 Å². The van der Waals surface area contributed by atoms with Crippen LogP contribution in [0.1, 0.15) is 60.1 Å². The number of unbranched alkanes of at least 4 members (excludes halogenated alkanes) is 2. The standard InChI is InChI=1S/C49H56N10O14/c50-46-42(47(67)57-34-25-51-15-13-35(34)58-18-20-71-21-19-58)56-33(26-53-46)30-8-5-28(6-9-30)24-54-49(70)72-27-29-7-10-36(73-37-23-31(48(68)69)43(64)45(66)44(37)65)32(22-29)55-39(61)14-16-52-38(60)4-2-1-3-17-59-40(62)11-12-41(59)63/h5-13,15,22,25-26,31,37,43-45,64-66H,1-4,14,16-21,23-24,27H2,(H2,50,53)(H,52,60)(H,54,70)(H,55,61)(H,57,67)(H,68,69)/t31-,37+,43+,44-,45-/m0/s1. The summed E-state index contributed by atoms with van der Waals surface area (Å²) >= 11 is 0. The lowest BCUT2D eigenvalue weighted by atomic mass is 9.80. The summed E-state index contributed by atoms with van der Waals surface area (Å²) in [6.07, 6.45) is 0.827. The van der Waals surface area contributed by atoms with Crippen LogP contribution in [0.5, 0.6) is 5.75 Å². The number of nitrogens with one attached hydrogen (secondary N) is 4. The molecule has 1 saturated carbocycles. The summed E-state index contributed by atoms with van der Waals surface area (Å²) in [4.78, 5) is 103. The van der Waals surface area contributed by atoms with Crippen molar-refractivity contribution in [2.75, 3.05) is 60.7 Å². The van der Waals surface area contributed by atoms with E-state index in [-0.39, 0.29) is 86.2 Å². The van der Waals surface area contributed by atoms with E-state index in [1.165, 1.54) is 36.5 Å². The van der Waals surface area contributed by atoms with Crippen molar-refractivity contribution in [2.45, 2.75) is 76.1 Å². The number of nitrogens with two attached hydrogens (primary N) is 1. The second kappa shape index (κ2) is 24.9. The summed E-state index contributed by atoms with van der Waals surface area (Å²) in [7, 11) is 0. The first kappa shape index (κ1) is 52.8. The van der Waals surface area contributed by atoms with Gasteiger partial charge < -0.3 is 66.5 Å². The number of amides is 6. The highest BCUT2D eigenvalue weighted by Gasteiger charge is 2.47. The van der Waals surface area contributed by atoms with E-state index in [2.05, 4.69) is 41.1 Å².